The van der Waals surface area contributed by atoms with Crippen LogP contribution in [0.4, 0.5) is 0 Å². The molecule has 0 aromatic carbocycles. The summed E-state index contributed by atoms with van der Waals surface area (Å²) in [6, 6.07) is 0. The van der Waals surface area contributed by atoms with Crippen molar-refractivity contribution in [2.24, 2.45) is 0 Å². The van der Waals surface area contributed by atoms with Gasteiger partial charge >= 0.3 is 0 Å². The Balaban J connectivity index is 2.94. The Morgan fingerprint density at radius 3 is 2.80 bits per heavy atom. The van der Waals surface area contributed by atoms with Gasteiger partial charge in [0.05, 0.1) is 12.5 Å². The molecule has 10 heavy (non-hydrogen) atoms. The van der Waals surface area contributed by atoms with Crippen LogP contribution < -0.4 is 0 Å². The summed E-state index contributed by atoms with van der Waals surface area (Å²) < 4.78 is 4.80. The number of unbranched alkanes of at least 4 members (excludes halogenated alkanes) is 3. The van der Waals surface area contributed by atoms with Gasteiger partial charge in [-0.05, 0) is 18.9 Å². The lowest BCUT2D eigenvalue weighted by molar-refractivity contribution is 0.402. The molecule has 58 valence electrons. The van der Waals surface area contributed by atoms with E-state index in [-0.39, 0.29) is 0 Å². The maximum absolute atomic E-state index is 4.80. The van der Waals surface area contributed by atoms with Crippen LogP contribution in [0.5, 0.6) is 0 Å². The molecule has 0 radical (unpaired) electrons. The fourth-order valence-electron chi connectivity index (χ4n) is 0.691. The molecule has 0 aromatic heterocycles. The number of allylic oxidation sites excluding steroid dienone is 1. The van der Waals surface area contributed by atoms with Crippen LogP contribution in [0.1, 0.15) is 32.6 Å². The number of ether oxygens (including phenoxy) is 1. The summed E-state index contributed by atoms with van der Waals surface area (Å²) in [6.07, 6.45) is 10.1. The third kappa shape index (κ3) is 7.28. The van der Waals surface area contributed by atoms with E-state index in [9.17, 15) is 0 Å². The van der Waals surface area contributed by atoms with E-state index in [1.54, 1.807) is 6.26 Å². The lowest BCUT2D eigenvalue weighted by atomic mass is 10.2. The van der Waals surface area contributed by atoms with Gasteiger partial charge in [0.15, 0.2) is 0 Å². The van der Waals surface area contributed by atoms with E-state index >= 15 is 0 Å². The lowest BCUT2D eigenvalue weighted by Gasteiger charge is -1.90. The zero-order chi connectivity index (χ0) is 7.66. The maximum Gasteiger partial charge on any atom is 0.0861 e. The van der Waals surface area contributed by atoms with Gasteiger partial charge < -0.3 is 4.74 Å². The fraction of sp³-hybridized carbons (Fsp3) is 0.556. The summed E-state index contributed by atoms with van der Waals surface area (Å²) in [4.78, 5) is 0. The number of hydrogen-bond acceptors (Lipinski definition) is 1. The van der Waals surface area contributed by atoms with E-state index in [4.69, 9.17) is 4.74 Å². The van der Waals surface area contributed by atoms with Crippen molar-refractivity contribution in [1.29, 1.82) is 0 Å². The molecular weight excluding hydrogens is 124 g/mol. The maximum atomic E-state index is 4.80. The first kappa shape index (κ1) is 9.28. The van der Waals surface area contributed by atoms with Crippen molar-refractivity contribution in [3.63, 3.8) is 0 Å². The molecule has 0 saturated heterocycles. The van der Waals surface area contributed by atoms with Gasteiger partial charge in [0.25, 0.3) is 0 Å². The second-order valence-electron chi connectivity index (χ2n) is 2.17. The van der Waals surface area contributed by atoms with Crippen LogP contribution >= 0.6 is 0 Å². The minimum Gasteiger partial charge on any atom is -0.474 e. The molecular formula is C9H16O. The monoisotopic (exact) mass is 140 g/mol. The minimum absolute atomic E-state index is 1.11. The highest BCUT2D eigenvalue weighted by atomic mass is 16.5. The number of hydrogen-bond donors (Lipinski definition) is 0. The van der Waals surface area contributed by atoms with E-state index in [2.05, 4.69) is 13.5 Å². The predicted molar refractivity (Wildman–Crippen MR) is 44.6 cm³/mol. The summed E-state index contributed by atoms with van der Waals surface area (Å²) in [5.41, 5.74) is 0. The first-order valence-corrected chi connectivity index (χ1v) is 3.83. The Hall–Kier alpha value is -0.720. The van der Waals surface area contributed by atoms with Crippen molar-refractivity contribution < 1.29 is 4.74 Å². The standard InChI is InChI=1S/C9H16O/c1-3-5-6-7-8-9-10-4-2/h4,8-9H,2-3,5-7H2,1H3. The van der Waals surface area contributed by atoms with E-state index in [1.165, 1.54) is 25.5 Å². The molecule has 0 unspecified atom stereocenters. The third-order valence-corrected chi connectivity index (χ3v) is 1.25. The molecule has 0 rings (SSSR count). The van der Waals surface area contributed by atoms with Gasteiger partial charge in [0.1, 0.15) is 0 Å². The summed E-state index contributed by atoms with van der Waals surface area (Å²) >= 11 is 0. The van der Waals surface area contributed by atoms with Gasteiger partial charge in [-0.1, -0.05) is 26.3 Å². The average Bonchev–Trinajstić information content (AvgIpc) is 1.97. The highest BCUT2D eigenvalue weighted by molar-refractivity contribution is 4.74. The molecule has 0 fully saturated rings. The zero-order valence-corrected chi connectivity index (χ0v) is 6.68. The van der Waals surface area contributed by atoms with Gasteiger partial charge in [0, 0.05) is 0 Å². The minimum atomic E-state index is 1.11. The van der Waals surface area contributed by atoms with E-state index in [0.717, 1.165) is 6.42 Å². The number of rotatable bonds is 6. The lowest BCUT2D eigenvalue weighted by Crippen LogP contribution is -1.71. The molecule has 0 atom stereocenters. The van der Waals surface area contributed by atoms with Gasteiger partial charge in [-0.2, -0.15) is 0 Å². The van der Waals surface area contributed by atoms with Crippen LogP contribution in [0.25, 0.3) is 0 Å². The van der Waals surface area contributed by atoms with E-state index < -0.39 is 0 Å². The molecule has 0 amide bonds. The van der Waals surface area contributed by atoms with Crippen molar-refractivity contribution in [2.45, 2.75) is 32.6 Å². The Morgan fingerprint density at radius 2 is 2.20 bits per heavy atom. The first-order valence-electron chi connectivity index (χ1n) is 3.83. The second kappa shape index (κ2) is 8.28. The molecule has 0 aliphatic heterocycles. The molecule has 0 heterocycles. The van der Waals surface area contributed by atoms with Gasteiger partial charge in [-0.3, -0.25) is 0 Å². The van der Waals surface area contributed by atoms with Gasteiger partial charge in [0.2, 0.25) is 0 Å². The largest absolute Gasteiger partial charge is 0.474 e. The molecule has 1 nitrogen and oxygen atoms in total. The molecule has 0 spiro atoms. The summed E-state index contributed by atoms with van der Waals surface area (Å²) in [5, 5.41) is 0. The van der Waals surface area contributed by atoms with Crippen LogP contribution in [0.3, 0.4) is 0 Å². The molecule has 0 saturated carbocycles. The molecule has 0 aliphatic rings. The van der Waals surface area contributed by atoms with Crippen LogP contribution in [-0.2, 0) is 4.74 Å². The highest BCUT2D eigenvalue weighted by Gasteiger charge is 1.80. The van der Waals surface area contributed by atoms with Crippen molar-refractivity contribution in [1.82, 2.24) is 0 Å². The van der Waals surface area contributed by atoms with Crippen molar-refractivity contribution in [2.75, 3.05) is 0 Å². The Bertz CT molecular complexity index is 94.9. The first-order chi connectivity index (χ1) is 4.91. The normalized spacial score (nSPS) is 10.1. The van der Waals surface area contributed by atoms with Crippen molar-refractivity contribution in [3.05, 3.63) is 25.2 Å². The quantitative estimate of drug-likeness (QED) is 0.406. The van der Waals surface area contributed by atoms with Crippen LogP contribution in [0.15, 0.2) is 25.2 Å². The summed E-state index contributed by atoms with van der Waals surface area (Å²) in [6.45, 7) is 5.62. The molecule has 1 heteroatoms. The molecule has 0 aliphatic carbocycles. The Kier molecular flexibility index (Phi) is 7.68. The van der Waals surface area contributed by atoms with E-state index in [1.807, 2.05) is 6.08 Å². The molecule has 0 N–H and O–H groups in total. The third-order valence-electron chi connectivity index (χ3n) is 1.25. The van der Waals surface area contributed by atoms with E-state index in [0.29, 0.717) is 0 Å². The fourth-order valence-corrected chi connectivity index (χ4v) is 0.691. The summed E-state index contributed by atoms with van der Waals surface area (Å²) in [5.74, 6) is 0. The topological polar surface area (TPSA) is 9.23 Å². The zero-order valence-electron chi connectivity index (χ0n) is 6.68. The average molecular weight is 140 g/mol. The van der Waals surface area contributed by atoms with Crippen LogP contribution in [0, 0.1) is 0 Å². The Labute approximate surface area is 63.4 Å². The predicted octanol–water partition coefficient (Wildman–Crippen LogP) is 3.24. The second-order valence-corrected chi connectivity index (χ2v) is 2.17. The highest BCUT2D eigenvalue weighted by Crippen LogP contribution is 1.99. The Morgan fingerprint density at radius 1 is 1.40 bits per heavy atom. The molecule has 0 aromatic rings. The van der Waals surface area contributed by atoms with Gasteiger partial charge in [-0.15, -0.1) is 0 Å². The van der Waals surface area contributed by atoms with Crippen LogP contribution in [-0.4, -0.2) is 0 Å². The smallest absolute Gasteiger partial charge is 0.0861 e. The van der Waals surface area contributed by atoms with Crippen LogP contribution in [0.2, 0.25) is 0 Å². The molecule has 0 bridgehead atoms. The summed E-state index contributed by atoms with van der Waals surface area (Å²) in [7, 11) is 0. The van der Waals surface area contributed by atoms with Gasteiger partial charge in [-0.25, -0.2) is 0 Å². The van der Waals surface area contributed by atoms with Crippen molar-refractivity contribution >= 4 is 0 Å². The van der Waals surface area contributed by atoms with Crippen molar-refractivity contribution in [3.8, 4) is 0 Å². The SMILES string of the molecule is C=COC=CCCCCC.